The van der Waals surface area contributed by atoms with Gasteiger partial charge >= 0.3 is 0 Å². The molecule has 6 nitrogen and oxygen atoms in total. The Morgan fingerprint density at radius 1 is 1.00 bits per heavy atom. The van der Waals surface area contributed by atoms with Gasteiger partial charge in [0.15, 0.2) is 5.11 Å². The summed E-state index contributed by atoms with van der Waals surface area (Å²) >= 11 is 5.81. The molecule has 162 valence electrons. The lowest BCUT2D eigenvalue weighted by molar-refractivity contribution is 0.341. The lowest BCUT2D eigenvalue weighted by Crippen LogP contribution is -2.34. The summed E-state index contributed by atoms with van der Waals surface area (Å²) < 4.78 is 16.7. The predicted octanol–water partition coefficient (Wildman–Crippen LogP) is 4.90. The van der Waals surface area contributed by atoms with Gasteiger partial charge in [0.05, 0.1) is 26.5 Å². The molecular weight excluding hydrogens is 410 g/mol. The molecule has 0 fully saturated rings. The zero-order valence-electron chi connectivity index (χ0n) is 18.0. The van der Waals surface area contributed by atoms with Crippen molar-refractivity contribution in [3.05, 3.63) is 78.1 Å². The van der Waals surface area contributed by atoms with Crippen molar-refractivity contribution in [1.82, 2.24) is 9.88 Å². The molecule has 31 heavy (non-hydrogen) atoms. The van der Waals surface area contributed by atoms with E-state index >= 15 is 0 Å². The second-order valence-electron chi connectivity index (χ2n) is 6.75. The number of thiocarbonyl (C=S) groups is 1. The van der Waals surface area contributed by atoms with Crippen molar-refractivity contribution in [2.45, 2.75) is 20.0 Å². The van der Waals surface area contributed by atoms with Gasteiger partial charge in [-0.2, -0.15) is 0 Å². The third kappa shape index (κ3) is 6.08. The van der Waals surface area contributed by atoms with Crippen molar-refractivity contribution in [3.63, 3.8) is 0 Å². The SMILES string of the molecule is CCOc1ccccc1NC(=S)N(Cc1cccnc1)Cc1cc(OC)ccc1OC. The van der Waals surface area contributed by atoms with Crippen molar-refractivity contribution in [2.75, 3.05) is 26.1 Å². The fourth-order valence-corrected chi connectivity index (χ4v) is 3.41. The molecule has 1 aromatic heterocycles. The highest BCUT2D eigenvalue weighted by atomic mass is 32.1. The summed E-state index contributed by atoms with van der Waals surface area (Å²) in [6.45, 7) is 3.64. The van der Waals surface area contributed by atoms with Crippen LogP contribution < -0.4 is 19.5 Å². The lowest BCUT2D eigenvalue weighted by atomic mass is 10.1. The molecule has 0 spiro atoms. The van der Waals surface area contributed by atoms with E-state index in [-0.39, 0.29) is 0 Å². The van der Waals surface area contributed by atoms with E-state index in [0.717, 1.165) is 34.1 Å². The molecular formula is C24H27N3O3S. The van der Waals surface area contributed by atoms with Crippen molar-refractivity contribution in [3.8, 4) is 17.2 Å². The quantitative estimate of drug-likeness (QED) is 0.478. The minimum absolute atomic E-state index is 0.526. The molecule has 2 aromatic carbocycles. The molecule has 3 aromatic rings. The first-order chi connectivity index (χ1) is 15.1. The number of methoxy groups -OCH3 is 2. The Morgan fingerprint density at radius 2 is 1.84 bits per heavy atom. The average Bonchev–Trinajstić information content (AvgIpc) is 2.80. The molecule has 1 heterocycles. The minimum Gasteiger partial charge on any atom is -0.497 e. The van der Waals surface area contributed by atoms with Gasteiger partial charge < -0.3 is 24.4 Å². The topological polar surface area (TPSA) is 55.9 Å². The molecule has 0 aliphatic heterocycles. The number of ether oxygens (including phenoxy) is 3. The highest BCUT2D eigenvalue weighted by Crippen LogP contribution is 2.28. The summed E-state index contributed by atoms with van der Waals surface area (Å²) in [5.41, 5.74) is 2.84. The second-order valence-corrected chi connectivity index (χ2v) is 7.14. The summed E-state index contributed by atoms with van der Waals surface area (Å²) in [6.07, 6.45) is 3.60. The van der Waals surface area contributed by atoms with E-state index in [1.54, 1.807) is 20.4 Å². The van der Waals surface area contributed by atoms with Gasteiger partial charge in [-0.3, -0.25) is 4.98 Å². The summed E-state index contributed by atoms with van der Waals surface area (Å²) in [4.78, 5) is 6.29. The molecule has 1 N–H and O–H groups in total. The number of hydrogen-bond acceptors (Lipinski definition) is 5. The average molecular weight is 438 g/mol. The standard InChI is InChI=1S/C24H27N3O3S/c1-4-30-23-10-6-5-9-21(23)26-24(31)27(16-18-8-7-13-25-15-18)17-19-14-20(28-2)11-12-22(19)29-3/h5-15H,4,16-17H2,1-3H3,(H,26,31). The number of nitrogens with zero attached hydrogens (tertiary/aromatic N) is 2. The van der Waals surface area contributed by atoms with Crippen LogP contribution in [0, 0.1) is 0 Å². The number of benzene rings is 2. The van der Waals surface area contributed by atoms with Crippen LogP contribution in [-0.4, -0.2) is 35.8 Å². The van der Waals surface area contributed by atoms with Crippen LogP contribution in [0.2, 0.25) is 0 Å². The van der Waals surface area contributed by atoms with Crippen LogP contribution in [0.4, 0.5) is 5.69 Å². The summed E-state index contributed by atoms with van der Waals surface area (Å²) in [6, 6.07) is 17.4. The Kier molecular flexibility index (Phi) is 8.06. The smallest absolute Gasteiger partial charge is 0.174 e. The Hall–Kier alpha value is -3.32. The number of aromatic nitrogens is 1. The Bertz CT molecular complexity index is 998. The Morgan fingerprint density at radius 3 is 2.55 bits per heavy atom. The molecule has 0 aliphatic carbocycles. The zero-order valence-corrected chi connectivity index (χ0v) is 18.8. The van der Waals surface area contributed by atoms with Crippen molar-refractivity contribution < 1.29 is 14.2 Å². The molecule has 0 aliphatic rings. The maximum Gasteiger partial charge on any atom is 0.174 e. The van der Waals surface area contributed by atoms with E-state index in [4.69, 9.17) is 26.4 Å². The molecule has 7 heteroatoms. The van der Waals surface area contributed by atoms with Gasteiger partial charge in [-0.1, -0.05) is 18.2 Å². The normalized spacial score (nSPS) is 10.3. The van der Waals surface area contributed by atoms with Crippen molar-refractivity contribution in [2.24, 2.45) is 0 Å². The highest BCUT2D eigenvalue weighted by molar-refractivity contribution is 7.80. The summed E-state index contributed by atoms with van der Waals surface area (Å²) in [5, 5.41) is 3.91. The maximum atomic E-state index is 5.81. The van der Waals surface area contributed by atoms with Crippen LogP contribution in [-0.2, 0) is 13.1 Å². The van der Waals surface area contributed by atoms with Crippen molar-refractivity contribution >= 4 is 23.0 Å². The Balaban J connectivity index is 1.89. The fourth-order valence-electron chi connectivity index (χ4n) is 3.17. The number of nitrogens with one attached hydrogen (secondary N) is 1. The van der Waals surface area contributed by atoms with Gasteiger partial charge in [-0.25, -0.2) is 0 Å². The number of hydrogen-bond donors (Lipinski definition) is 1. The van der Waals surface area contributed by atoms with Crippen LogP contribution in [0.3, 0.4) is 0 Å². The third-order valence-electron chi connectivity index (χ3n) is 4.66. The molecule has 0 unspecified atom stereocenters. The van der Waals surface area contributed by atoms with E-state index in [2.05, 4.69) is 15.2 Å². The van der Waals surface area contributed by atoms with Crippen LogP contribution in [0.5, 0.6) is 17.2 Å². The predicted molar refractivity (Wildman–Crippen MR) is 127 cm³/mol. The lowest BCUT2D eigenvalue weighted by Gasteiger charge is -2.27. The molecule has 0 saturated carbocycles. The van der Waals surface area contributed by atoms with E-state index < -0.39 is 0 Å². The van der Waals surface area contributed by atoms with Crippen LogP contribution in [0.1, 0.15) is 18.1 Å². The zero-order chi connectivity index (χ0) is 22.1. The van der Waals surface area contributed by atoms with Gasteiger partial charge in [-0.15, -0.1) is 0 Å². The highest BCUT2D eigenvalue weighted by Gasteiger charge is 2.16. The molecule has 0 amide bonds. The van der Waals surface area contributed by atoms with Crippen LogP contribution in [0.15, 0.2) is 67.0 Å². The van der Waals surface area contributed by atoms with E-state index in [1.807, 2.05) is 67.7 Å². The first kappa shape index (κ1) is 22.4. The second kappa shape index (κ2) is 11.2. The number of para-hydroxylation sites is 2. The molecule has 3 rings (SSSR count). The number of anilines is 1. The fraction of sp³-hybridized carbons (Fsp3) is 0.250. The molecule has 0 bridgehead atoms. The number of rotatable bonds is 9. The maximum absolute atomic E-state index is 5.81. The molecule has 0 radical (unpaired) electrons. The first-order valence-corrected chi connectivity index (χ1v) is 10.4. The summed E-state index contributed by atoms with van der Waals surface area (Å²) in [5.74, 6) is 2.29. The first-order valence-electron chi connectivity index (χ1n) is 10.0. The van der Waals surface area contributed by atoms with E-state index in [1.165, 1.54) is 0 Å². The van der Waals surface area contributed by atoms with Gasteiger partial charge in [0.2, 0.25) is 0 Å². The van der Waals surface area contributed by atoms with Crippen molar-refractivity contribution in [1.29, 1.82) is 0 Å². The van der Waals surface area contributed by atoms with Gasteiger partial charge in [0.25, 0.3) is 0 Å². The van der Waals surface area contributed by atoms with Gasteiger partial charge in [-0.05, 0) is 61.1 Å². The largest absolute Gasteiger partial charge is 0.497 e. The number of pyridine rings is 1. The molecule has 0 atom stereocenters. The van der Waals surface area contributed by atoms with Crippen LogP contribution >= 0.6 is 12.2 Å². The monoisotopic (exact) mass is 437 g/mol. The van der Waals surface area contributed by atoms with E-state index in [9.17, 15) is 0 Å². The molecule has 0 saturated heterocycles. The summed E-state index contributed by atoms with van der Waals surface area (Å²) in [7, 11) is 3.31. The van der Waals surface area contributed by atoms with Crippen LogP contribution in [0.25, 0.3) is 0 Å². The van der Waals surface area contributed by atoms with Gasteiger partial charge in [0, 0.05) is 31.0 Å². The van der Waals surface area contributed by atoms with Gasteiger partial charge in [0.1, 0.15) is 17.2 Å². The van der Waals surface area contributed by atoms with E-state index in [0.29, 0.717) is 24.8 Å². The Labute approximate surface area is 188 Å². The third-order valence-corrected chi connectivity index (χ3v) is 5.02. The minimum atomic E-state index is 0.526.